The molecule has 0 radical (unpaired) electrons. The Hall–Kier alpha value is -6.30. The number of nitrogens with zero attached hydrogens (tertiary/aromatic N) is 4. The first-order valence-electron chi connectivity index (χ1n) is 16.2. The predicted octanol–water partition coefficient (Wildman–Crippen LogP) is 11.6. The molecule has 4 nitrogen and oxygen atoms in total. The van der Waals surface area contributed by atoms with Gasteiger partial charge < -0.3 is 0 Å². The lowest BCUT2D eigenvalue weighted by atomic mass is 10.0. The number of hydrogen-bond acceptors (Lipinski definition) is 5. The Morgan fingerprint density at radius 2 is 0.735 bits per heavy atom. The van der Waals surface area contributed by atoms with Crippen molar-refractivity contribution in [1.82, 2.24) is 19.9 Å². The van der Waals surface area contributed by atoms with Gasteiger partial charge in [0, 0.05) is 53.6 Å². The number of fused-ring (bicyclic) bond motifs is 3. The Bertz CT molecular complexity index is 2470. The fraction of sp³-hybridized carbons (Fsp3) is 0. The van der Waals surface area contributed by atoms with Gasteiger partial charge in [0.05, 0.1) is 22.8 Å². The minimum absolute atomic E-state index is 0.699. The maximum absolute atomic E-state index is 5.18. The van der Waals surface area contributed by atoms with E-state index in [1.807, 2.05) is 72.8 Å². The summed E-state index contributed by atoms with van der Waals surface area (Å²) in [6.45, 7) is 0. The molecule has 0 aliphatic heterocycles. The van der Waals surface area contributed by atoms with E-state index in [1.54, 1.807) is 11.3 Å². The number of aromatic nitrogens is 4. The SMILES string of the molecule is c1ccc(-c2cc(-c3ccccc3)nc(-c3cccc4c3sc3cccc(-c5nc(-c6ccccc6)cc(-c6ccccc6)n5)c34)n2)cc1. The molecule has 0 bridgehead atoms. The molecule has 0 aliphatic carbocycles. The molecule has 9 rings (SSSR count). The van der Waals surface area contributed by atoms with Crippen molar-refractivity contribution >= 4 is 31.5 Å². The summed E-state index contributed by atoms with van der Waals surface area (Å²) in [7, 11) is 0. The molecule has 0 aliphatic rings. The molecule has 5 heteroatoms. The third-order valence-electron chi connectivity index (χ3n) is 8.73. The highest BCUT2D eigenvalue weighted by Gasteiger charge is 2.19. The van der Waals surface area contributed by atoms with E-state index in [0.29, 0.717) is 11.6 Å². The second kappa shape index (κ2) is 12.4. The van der Waals surface area contributed by atoms with Crippen molar-refractivity contribution in [2.45, 2.75) is 0 Å². The molecule has 49 heavy (non-hydrogen) atoms. The first kappa shape index (κ1) is 28.9. The Morgan fingerprint density at radius 1 is 0.347 bits per heavy atom. The normalized spacial score (nSPS) is 11.3. The van der Waals surface area contributed by atoms with E-state index in [4.69, 9.17) is 19.9 Å². The fourth-order valence-electron chi connectivity index (χ4n) is 6.37. The molecule has 6 aromatic carbocycles. The summed E-state index contributed by atoms with van der Waals surface area (Å²) in [6, 6.07) is 58.3. The number of benzene rings is 6. The van der Waals surface area contributed by atoms with E-state index >= 15 is 0 Å². The average Bonchev–Trinajstić information content (AvgIpc) is 3.58. The van der Waals surface area contributed by atoms with E-state index in [0.717, 1.165) is 76.3 Å². The molecule has 0 amide bonds. The van der Waals surface area contributed by atoms with Gasteiger partial charge in [-0.3, -0.25) is 0 Å². The topological polar surface area (TPSA) is 51.6 Å². The standard InChI is InChI=1S/C44H28N4S/c1-5-15-29(16-6-1)36-27-37(30-17-7-2-8-18-30)46-43(45-36)34-24-14-26-40-41(34)33-23-13-25-35(42(33)49-40)44-47-38(31-19-9-3-10-20-31)28-39(48-44)32-21-11-4-12-22-32/h1-28H. The van der Waals surface area contributed by atoms with Gasteiger partial charge in [-0.25, -0.2) is 19.9 Å². The van der Waals surface area contributed by atoms with E-state index in [-0.39, 0.29) is 0 Å². The summed E-state index contributed by atoms with van der Waals surface area (Å²) in [4.78, 5) is 20.7. The van der Waals surface area contributed by atoms with Crippen molar-refractivity contribution in [3.05, 3.63) is 170 Å². The largest absolute Gasteiger partial charge is 0.228 e. The molecule has 0 fully saturated rings. The summed E-state index contributed by atoms with van der Waals surface area (Å²) in [6.07, 6.45) is 0. The van der Waals surface area contributed by atoms with E-state index in [9.17, 15) is 0 Å². The molecular formula is C44H28N4S. The average molecular weight is 645 g/mol. The van der Waals surface area contributed by atoms with Crippen LogP contribution < -0.4 is 0 Å². The molecule has 0 N–H and O–H groups in total. The van der Waals surface area contributed by atoms with Crippen LogP contribution in [0.1, 0.15) is 0 Å². The summed E-state index contributed by atoms with van der Waals surface area (Å²) in [5, 5.41) is 2.27. The third kappa shape index (κ3) is 5.46. The van der Waals surface area contributed by atoms with Crippen LogP contribution >= 0.6 is 11.3 Å². The Balaban J connectivity index is 1.26. The second-order valence-electron chi connectivity index (χ2n) is 11.9. The van der Waals surface area contributed by atoms with E-state index in [1.165, 1.54) is 0 Å². The number of rotatable bonds is 6. The molecule has 0 saturated heterocycles. The number of hydrogen-bond donors (Lipinski definition) is 0. The lowest BCUT2D eigenvalue weighted by Crippen LogP contribution is -1.96. The van der Waals surface area contributed by atoms with Gasteiger partial charge in [0.1, 0.15) is 0 Å². The summed E-state index contributed by atoms with van der Waals surface area (Å²) in [5.41, 5.74) is 9.78. The minimum atomic E-state index is 0.699. The van der Waals surface area contributed by atoms with Crippen LogP contribution in [0.4, 0.5) is 0 Å². The molecule has 9 aromatic rings. The highest BCUT2D eigenvalue weighted by atomic mass is 32.1. The van der Waals surface area contributed by atoms with Gasteiger partial charge in [-0.1, -0.05) is 146 Å². The highest BCUT2D eigenvalue weighted by Crippen LogP contribution is 2.43. The molecule has 0 saturated carbocycles. The van der Waals surface area contributed by atoms with Crippen LogP contribution in [0.15, 0.2) is 170 Å². The van der Waals surface area contributed by atoms with Gasteiger partial charge in [0.15, 0.2) is 11.6 Å². The summed E-state index contributed by atoms with van der Waals surface area (Å²) in [5.74, 6) is 1.40. The van der Waals surface area contributed by atoms with Crippen molar-refractivity contribution in [3.63, 3.8) is 0 Å². The third-order valence-corrected chi connectivity index (χ3v) is 9.94. The van der Waals surface area contributed by atoms with Crippen LogP contribution in [-0.2, 0) is 0 Å². The van der Waals surface area contributed by atoms with Crippen molar-refractivity contribution in [2.75, 3.05) is 0 Å². The number of thiophene rings is 1. The zero-order chi connectivity index (χ0) is 32.6. The van der Waals surface area contributed by atoms with Crippen molar-refractivity contribution in [1.29, 1.82) is 0 Å². The van der Waals surface area contributed by atoms with Crippen LogP contribution in [0.5, 0.6) is 0 Å². The van der Waals surface area contributed by atoms with Crippen LogP contribution in [0.2, 0.25) is 0 Å². The molecule has 0 spiro atoms. The van der Waals surface area contributed by atoms with Gasteiger partial charge in [-0.05, 0) is 24.3 Å². The smallest absolute Gasteiger partial charge is 0.161 e. The van der Waals surface area contributed by atoms with Crippen molar-refractivity contribution in [2.24, 2.45) is 0 Å². The highest BCUT2D eigenvalue weighted by molar-refractivity contribution is 7.26. The molecular weight excluding hydrogens is 617 g/mol. The molecule has 0 atom stereocenters. The zero-order valence-electron chi connectivity index (χ0n) is 26.4. The first-order chi connectivity index (χ1) is 24.3. The van der Waals surface area contributed by atoms with Crippen LogP contribution in [0, 0.1) is 0 Å². The Kier molecular flexibility index (Phi) is 7.30. The zero-order valence-corrected chi connectivity index (χ0v) is 27.2. The van der Waals surface area contributed by atoms with Gasteiger partial charge in [-0.2, -0.15) is 0 Å². The molecule has 3 aromatic heterocycles. The van der Waals surface area contributed by atoms with Crippen LogP contribution in [0.3, 0.4) is 0 Å². The maximum atomic E-state index is 5.18. The van der Waals surface area contributed by atoms with Crippen molar-refractivity contribution < 1.29 is 0 Å². The lowest BCUT2D eigenvalue weighted by molar-refractivity contribution is 1.19. The molecule has 0 unspecified atom stereocenters. The van der Waals surface area contributed by atoms with Crippen LogP contribution in [0.25, 0.3) is 88.0 Å². The fourth-order valence-corrected chi connectivity index (χ4v) is 7.61. The summed E-state index contributed by atoms with van der Waals surface area (Å²) >= 11 is 1.76. The monoisotopic (exact) mass is 644 g/mol. The van der Waals surface area contributed by atoms with Gasteiger partial charge in [0.2, 0.25) is 0 Å². The molecule has 3 heterocycles. The van der Waals surface area contributed by atoms with E-state index < -0.39 is 0 Å². The van der Waals surface area contributed by atoms with Crippen molar-refractivity contribution in [3.8, 4) is 67.8 Å². The first-order valence-corrected chi connectivity index (χ1v) is 17.0. The molecule has 230 valence electrons. The lowest BCUT2D eigenvalue weighted by Gasteiger charge is -2.11. The quantitative estimate of drug-likeness (QED) is 0.181. The van der Waals surface area contributed by atoms with Gasteiger partial charge in [-0.15, -0.1) is 11.3 Å². The van der Waals surface area contributed by atoms with Gasteiger partial charge >= 0.3 is 0 Å². The maximum Gasteiger partial charge on any atom is 0.161 e. The second-order valence-corrected chi connectivity index (χ2v) is 12.9. The Morgan fingerprint density at radius 3 is 1.18 bits per heavy atom. The summed E-state index contributed by atoms with van der Waals surface area (Å²) < 4.78 is 2.30. The van der Waals surface area contributed by atoms with E-state index in [2.05, 4.69) is 97.1 Å². The Labute approximate surface area is 288 Å². The minimum Gasteiger partial charge on any atom is -0.228 e. The van der Waals surface area contributed by atoms with Gasteiger partial charge in [0.25, 0.3) is 0 Å². The van der Waals surface area contributed by atoms with Crippen LogP contribution in [-0.4, -0.2) is 19.9 Å². The predicted molar refractivity (Wildman–Crippen MR) is 203 cm³/mol.